The molecule has 44 heavy (non-hydrogen) atoms. The maximum Gasteiger partial charge on any atom is 0.317 e. The SMILES string of the molecule is COc1ccc([C@H]2CC[C@H](CN(c3cccc(-c4cnn(C(C)C)c4)c3)C(=O)[C@H]3CC[C@H](NCC(=O)O)CC3)CC2)cc1C. The molecule has 1 aromatic heterocycles. The molecule has 2 fully saturated rings. The van der Waals surface area contributed by atoms with Gasteiger partial charge in [-0.1, -0.05) is 24.3 Å². The first-order valence-corrected chi connectivity index (χ1v) is 16.3. The molecule has 0 saturated heterocycles. The van der Waals surface area contributed by atoms with Crippen molar-refractivity contribution < 1.29 is 19.4 Å². The third-order valence-electron chi connectivity index (χ3n) is 9.68. The lowest BCUT2D eigenvalue weighted by Gasteiger charge is -2.36. The van der Waals surface area contributed by atoms with Crippen LogP contribution in [0.15, 0.2) is 54.9 Å². The third kappa shape index (κ3) is 7.70. The van der Waals surface area contributed by atoms with E-state index in [1.54, 1.807) is 7.11 Å². The lowest BCUT2D eigenvalue weighted by atomic mass is 9.78. The Morgan fingerprint density at radius 1 is 1.02 bits per heavy atom. The summed E-state index contributed by atoms with van der Waals surface area (Å²) in [4.78, 5) is 27.3. The van der Waals surface area contributed by atoms with Crippen molar-refractivity contribution in [2.45, 2.75) is 90.1 Å². The minimum atomic E-state index is -0.843. The molecule has 3 aromatic rings. The number of carboxylic acid groups (broad SMARTS) is 1. The van der Waals surface area contributed by atoms with Crippen LogP contribution in [0.2, 0.25) is 0 Å². The number of carboxylic acids is 1. The smallest absolute Gasteiger partial charge is 0.317 e. The van der Waals surface area contributed by atoms with Crippen LogP contribution >= 0.6 is 0 Å². The number of aromatic nitrogens is 2. The van der Waals surface area contributed by atoms with Crippen molar-refractivity contribution in [2.75, 3.05) is 25.1 Å². The van der Waals surface area contributed by atoms with Crippen molar-refractivity contribution in [1.29, 1.82) is 0 Å². The molecule has 2 aliphatic rings. The highest BCUT2D eigenvalue weighted by Crippen LogP contribution is 2.39. The van der Waals surface area contributed by atoms with E-state index in [1.165, 1.54) is 11.1 Å². The van der Waals surface area contributed by atoms with Crippen molar-refractivity contribution in [2.24, 2.45) is 11.8 Å². The Bertz CT molecular complexity index is 1420. The van der Waals surface area contributed by atoms with Crippen molar-refractivity contribution in [1.82, 2.24) is 15.1 Å². The highest BCUT2D eigenvalue weighted by molar-refractivity contribution is 5.95. The Kier molecular flexibility index (Phi) is 10.4. The number of benzene rings is 2. The number of nitrogens with zero attached hydrogens (tertiary/aromatic N) is 3. The van der Waals surface area contributed by atoms with E-state index in [1.807, 2.05) is 16.9 Å². The summed E-state index contributed by atoms with van der Waals surface area (Å²) in [5, 5.41) is 16.7. The number of methoxy groups -OCH3 is 1. The summed E-state index contributed by atoms with van der Waals surface area (Å²) in [6, 6.07) is 15.4. The Balaban J connectivity index is 1.31. The van der Waals surface area contributed by atoms with Crippen molar-refractivity contribution in [3.8, 4) is 16.9 Å². The van der Waals surface area contributed by atoms with Crippen molar-refractivity contribution in [3.63, 3.8) is 0 Å². The van der Waals surface area contributed by atoms with E-state index in [-0.39, 0.29) is 30.5 Å². The number of anilines is 1. The highest BCUT2D eigenvalue weighted by Gasteiger charge is 2.33. The van der Waals surface area contributed by atoms with E-state index < -0.39 is 5.97 Å². The van der Waals surface area contributed by atoms with Gasteiger partial charge in [-0.2, -0.15) is 5.10 Å². The molecule has 0 spiro atoms. The number of carbonyl (C=O) groups excluding carboxylic acids is 1. The van der Waals surface area contributed by atoms with Crippen LogP contribution in [-0.2, 0) is 9.59 Å². The van der Waals surface area contributed by atoms with Crippen molar-refractivity contribution in [3.05, 3.63) is 66.0 Å². The summed E-state index contributed by atoms with van der Waals surface area (Å²) < 4.78 is 7.43. The third-order valence-corrected chi connectivity index (χ3v) is 9.68. The van der Waals surface area contributed by atoms with E-state index in [0.29, 0.717) is 11.8 Å². The molecule has 0 atom stereocenters. The molecular formula is C36H48N4O4. The molecule has 0 unspecified atom stereocenters. The average Bonchev–Trinajstić information content (AvgIpc) is 3.54. The molecule has 8 nitrogen and oxygen atoms in total. The first-order valence-electron chi connectivity index (χ1n) is 16.3. The lowest BCUT2D eigenvalue weighted by Crippen LogP contribution is -2.43. The minimum absolute atomic E-state index is 0.0334. The second-order valence-corrected chi connectivity index (χ2v) is 13.1. The zero-order valence-electron chi connectivity index (χ0n) is 26.7. The van der Waals surface area contributed by atoms with Gasteiger partial charge >= 0.3 is 5.97 Å². The number of amides is 1. The maximum atomic E-state index is 14.3. The molecule has 1 heterocycles. The molecule has 5 rings (SSSR count). The van der Waals surface area contributed by atoms with Crippen molar-refractivity contribution >= 4 is 17.6 Å². The number of aliphatic carboxylic acids is 1. The first-order chi connectivity index (χ1) is 21.2. The van der Waals surface area contributed by atoms with Crippen LogP contribution < -0.4 is 15.0 Å². The normalized spacial score (nSPS) is 22.1. The molecule has 8 heteroatoms. The molecule has 0 radical (unpaired) electrons. The Morgan fingerprint density at radius 2 is 1.77 bits per heavy atom. The Labute approximate surface area is 261 Å². The van der Waals surface area contributed by atoms with E-state index >= 15 is 0 Å². The van der Waals surface area contributed by atoms with Crippen LogP contribution in [0.5, 0.6) is 5.75 Å². The monoisotopic (exact) mass is 600 g/mol. The molecule has 0 aliphatic heterocycles. The van der Waals surface area contributed by atoms with Gasteiger partial charge in [0.1, 0.15) is 5.75 Å². The van der Waals surface area contributed by atoms with Gasteiger partial charge in [-0.3, -0.25) is 14.3 Å². The fourth-order valence-corrected chi connectivity index (χ4v) is 7.03. The lowest BCUT2D eigenvalue weighted by molar-refractivity contribution is -0.136. The van der Waals surface area contributed by atoms with Gasteiger partial charge in [-0.05, 0) is 119 Å². The average molecular weight is 601 g/mol. The zero-order chi connectivity index (χ0) is 31.2. The van der Waals surface area contributed by atoms with Gasteiger partial charge < -0.3 is 20.1 Å². The van der Waals surface area contributed by atoms with E-state index in [4.69, 9.17) is 9.84 Å². The number of aryl methyl sites for hydroxylation is 1. The fraction of sp³-hybridized carbons (Fsp3) is 0.528. The predicted molar refractivity (Wildman–Crippen MR) is 174 cm³/mol. The molecule has 2 saturated carbocycles. The highest BCUT2D eigenvalue weighted by atomic mass is 16.5. The molecule has 2 N–H and O–H groups in total. The number of hydrogen-bond donors (Lipinski definition) is 2. The summed E-state index contributed by atoms with van der Waals surface area (Å²) in [5.41, 5.74) is 5.62. The van der Waals surface area contributed by atoms with Gasteiger partial charge in [-0.15, -0.1) is 0 Å². The van der Waals surface area contributed by atoms with E-state index in [9.17, 15) is 9.59 Å². The molecule has 0 bridgehead atoms. The van der Waals surface area contributed by atoms with Crippen LogP contribution in [0.25, 0.3) is 11.1 Å². The van der Waals surface area contributed by atoms with Gasteiger partial charge in [0.25, 0.3) is 0 Å². The molecule has 1 amide bonds. The number of nitrogens with one attached hydrogen (secondary N) is 1. The number of rotatable bonds is 11. The maximum absolute atomic E-state index is 14.3. The molecule has 2 aliphatic carbocycles. The number of carbonyl (C=O) groups is 2. The predicted octanol–water partition coefficient (Wildman–Crippen LogP) is 6.99. The van der Waals surface area contributed by atoms with Gasteiger partial charge in [0.2, 0.25) is 5.91 Å². The largest absolute Gasteiger partial charge is 0.496 e. The fourth-order valence-electron chi connectivity index (χ4n) is 7.03. The van der Waals surface area contributed by atoms with Crippen LogP contribution in [0.1, 0.15) is 88.3 Å². The van der Waals surface area contributed by atoms with Gasteiger partial charge in [0, 0.05) is 42.0 Å². The van der Waals surface area contributed by atoms with Gasteiger partial charge in [0.05, 0.1) is 19.9 Å². The Hall–Kier alpha value is -3.65. The summed E-state index contributed by atoms with van der Waals surface area (Å²) in [6.45, 7) is 7.02. The van der Waals surface area contributed by atoms with Crippen LogP contribution in [0.3, 0.4) is 0 Å². The summed E-state index contributed by atoms with van der Waals surface area (Å²) in [7, 11) is 1.72. The van der Waals surface area contributed by atoms with Crippen LogP contribution in [0, 0.1) is 18.8 Å². The molecular weight excluding hydrogens is 552 g/mol. The van der Waals surface area contributed by atoms with Crippen LogP contribution in [-0.4, -0.2) is 53.0 Å². The summed E-state index contributed by atoms with van der Waals surface area (Å²) >= 11 is 0. The topological polar surface area (TPSA) is 96.7 Å². The van der Waals surface area contributed by atoms with E-state index in [0.717, 1.165) is 80.5 Å². The number of ether oxygens (including phenoxy) is 1. The zero-order valence-corrected chi connectivity index (χ0v) is 26.7. The summed E-state index contributed by atoms with van der Waals surface area (Å²) in [6.07, 6.45) is 11.6. The van der Waals surface area contributed by atoms with Crippen LogP contribution in [0.4, 0.5) is 5.69 Å². The second kappa shape index (κ2) is 14.4. The second-order valence-electron chi connectivity index (χ2n) is 13.1. The first kappa shape index (κ1) is 31.8. The standard InChI is InChI=1S/C36H48N4O4/c1-24(2)40-23-31(20-38-40)29-6-5-7-33(19-29)39(36(43)28-12-15-32(16-13-28)37-21-35(41)42)22-26-8-10-27(11-9-26)30-14-17-34(44-4)25(3)18-30/h5-7,14,17-20,23-24,26-28,32,37H,8-13,15-16,21-22H2,1-4H3,(H,41,42)/t26-,27-,28-,32-. The van der Waals surface area contributed by atoms with Gasteiger partial charge in [0.15, 0.2) is 0 Å². The number of hydrogen-bond acceptors (Lipinski definition) is 5. The quantitative estimate of drug-likeness (QED) is 0.246. The molecule has 236 valence electrons. The molecule has 2 aromatic carbocycles. The van der Waals surface area contributed by atoms with Gasteiger partial charge in [-0.25, -0.2) is 0 Å². The van der Waals surface area contributed by atoms with E-state index in [2.05, 4.69) is 78.7 Å². The Morgan fingerprint density at radius 3 is 2.41 bits per heavy atom. The summed E-state index contributed by atoms with van der Waals surface area (Å²) in [5.74, 6) is 1.21. The minimum Gasteiger partial charge on any atom is -0.496 e.